The van der Waals surface area contributed by atoms with E-state index < -0.39 is 0 Å². The zero-order valence-corrected chi connectivity index (χ0v) is 13.0. The Kier molecular flexibility index (Phi) is 4.93. The van der Waals surface area contributed by atoms with Gasteiger partial charge in [0.15, 0.2) is 0 Å². The van der Waals surface area contributed by atoms with Crippen LogP contribution in [0.4, 0.5) is 0 Å². The fraction of sp³-hybridized carbons (Fsp3) is 0.812. The lowest BCUT2D eigenvalue weighted by Gasteiger charge is -2.43. The van der Waals surface area contributed by atoms with Crippen molar-refractivity contribution >= 4 is 0 Å². The summed E-state index contributed by atoms with van der Waals surface area (Å²) in [4.78, 5) is 4.47. The van der Waals surface area contributed by atoms with Crippen LogP contribution in [0.1, 0.15) is 44.9 Å². The molecule has 0 bridgehead atoms. The highest BCUT2D eigenvalue weighted by molar-refractivity contribution is 4.95. The van der Waals surface area contributed by atoms with E-state index in [1.165, 1.54) is 0 Å². The highest BCUT2D eigenvalue weighted by Crippen LogP contribution is 2.34. The van der Waals surface area contributed by atoms with Crippen molar-refractivity contribution in [1.82, 2.24) is 14.9 Å². The van der Waals surface area contributed by atoms with E-state index in [0.29, 0.717) is 6.04 Å². The van der Waals surface area contributed by atoms with E-state index >= 15 is 0 Å². The van der Waals surface area contributed by atoms with Crippen molar-refractivity contribution in [2.45, 2.75) is 63.8 Å². The lowest BCUT2D eigenvalue weighted by molar-refractivity contribution is -0.140. The molecule has 1 atom stereocenters. The average Bonchev–Trinajstić information content (AvgIpc) is 2.94. The second-order valence-corrected chi connectivity index (χ2v) is 6.25. The quantitative estimate of drug-likeness (QED) is 0.903. The minimum Gasteiger partial charge on any atom is -0.381 e. The molecule has 0 aromatic carbocycles. The summed E-state index contributed by atoms with van der Waals surface area (Å²) in [7, 11) is 0. The lowest BCUT2D eigenvalue weighted by Crippen LogP contribution is -2.49. The normalized spacial score (nSPS) is 25.3. The fourth-order valence-electron chi connectivity index (χ4n) is 3.48. The van der Waals surface area contributed by atoms with Crippen LogP contribution in [0.3, 0.4) is 0 Å². The molecule has 5 heteroatoms. The maximum Gasteiger partial charge on any atom is 0.122 e. The summed E-state index contributed by atoms with van der Waals surface area (Å²) >= 11 is 0. The van der Waals surface area contributed by atoms with E-state index in [-0.39, 0.29) is 5.60 Å². The molecule has 1 N–H and O–H groups in total. The number of nitrogens with zero attached hydrogens (tertiary/aromatic N) is 2. The predicted octanol–water partition coefficient (Wildman–Crippen LogP) is 2.11. The van der Waals surface area contributed by atoms with E-state index in [9.17, 15) is 0 Å². The molecule has 21 heavy (non-hydrogen) atoms. The first-order valence-electron chi connectivity index (χ1n) is 8.26. The zero-order valence-electron chi connectivity index (χ0n) is 13.0. The van der Waals surface area contributed by atoms with Gasteiger partial charge >= 0.3 is 0 Å². The van der Waals surface area contributed by atoms with E-state index in [1.54, 1.807) is 0 Å². The molecule has 1 aromatic heterocycles. The Balaban J connectivity index is 1.54. The van der Waals surface area contributed by atoms with Gasteiger partial charge in [-0.25, -0.2) is 4.98 Å². The Bertz CT molecular complexity index is 435. The first kappa shape index (κ1) is 15.0. The van der Waals surface area contributed by atoms with Gasteiger partial charge in [0.1, 0.15) is 5.82 Å². The van der Waals surface area contributed by atoms with Crippen LogP contribution >= 0.6 is 0 Å². The molecule has 0 radical (unpaired) electrons. The molecular weight excluding hydrogens is 266 g/mol. The third-order valence-corrected chi connectivity index (χ3v) is 4.71. The zero-order chi connectivity index (χ0) is 14.5. The van der Waals surface area contributed by atoms with E-state index in [1.807, 2.05) is 6.20 Å². The maximum absolute atomic E-state index is 6.10. The third kappa shape index (κ3) is 3.65. The largest absolute Gasteiger partial charge is 0.381 e. The number of hydrogen-bond donors (Lipinski definition) is 1. The molecule has 2 aliphatic rings. The Morgan fingerprint density at radius 2 is 2.24 bits per heavy atom. The topological polar surface area (TPSA) is 48.3 Å². The number of nitrogens with one attached hydrogen (secondary N) is 1. The summed E-state index contributed by atoms with van der Waals surface area (Å²) in [6.07, 6.45) is 9.39. The van der Waals surface area contributed by atoms with Gasteiger partial charge in [0.05, 0.1) is 12.1 Å². The van der Waals surface area contributed by atoms with Gasteiger partial charge in [0.25, 0.3) is 0 Å². The highest BCUT2D eigenvalue weighted by atomic mass is 16.5. The predicted molar refractivity (Wildman–Crippen MR) is 81.1 cm³/mol. The van der Waals surface area contributed by atoms with Crippen LogP contribution in [-0.2, 0) is 22.6 Å². The summed E-state index contributed by atoms with van der Waals surface area (Å²) in [6.45, 7) is 6.64. The number of hydrogen-bond acceptors (Lipinski definition) is 4. The van der Waals surface area contributed by atoms with Gasteiger partial charge in [-0.2, -0.15) is 0 Å². The van der Waals surface area contributed by atoms with Crippen molar-refractivity contribution in [3.63, 3.8) is 0 Å². The SMILES string of the molecule is CCCn1ccnc1CN[C@@H]1CCOC2(CCOCC2)C1. The minimum absolute atomic E-state index is 0.0625. The monoisotopic (exact) mass is 293 g/mol. The van der Waals surface area contributed by atoms with Crippen molar-refractivity contribution < 1.29 is 9.47 Å². The molecule has 0 unspecified atom stereocenters. The molecule has 118 valence electrons. The van der Waals surface area contributed by atoms with Crippen LogP contribution in [0, 0.1) is 0 Å². The average molecular weight is 293 g/mol. The number of aromatic nitrogens is 2. The second-order valence-electron chi connectivity index (χ2n) is 6.25. The van der Waals surface area contributed by atoms with Crippen molar-refractivity contribution in [2.24, 2.45) is 0 Å². The van der Waals surface area contributed by atoms with Gasteiger partial charge in [0.2, 0.25) is 0 Å². The number of ether oxygens (including phenoxy) is 2. The molecule has 5 nitrogen and oxygen atoms in total. The first-order valence-corrected chi connectivity index (χ1v) is 8.26. The fourth-order valence-corrected chi connectivity index (χ4v) is 3.48. The Labute approximate surface area is 127 Å². The van der Waals surface area contributed by atoms with Crippen LogP contribution in [0.2, 0.25) is 0 Å². The second kappa shape index (κ2) is 6.90. The molecule has 3 rings (SSSR count). The highest BCUT2D eigenvalue weighted by Gasteiger charge is 2.38. The van der Waals surface area contributed by atoms with Crippen LogP contribution < -0.4 is 5.32 Å². The smallest absolute Gasteiger partial charge is 0.122 e. The lowest BCUT2D eigenvalue weighted by atomic mass is 9.84. The Morgan fingerprint density at radius 1 is 1.38 bits per heavy atom. The molecule has 1 aromatic rings. The van der Waals surface area contributed by atoms with Gasteiger partial charge < -0.3 is 19.4 Å². The molecule has 2 aliphatic heterocycles. The van der Waals surface area contributed by atoms with Crippen molar-refractivity contribution in [3.05, 3.63) is 18.2 Å². The molecule has 3 heterocycles. The van der Waals surface area contributed by atoms with Gasteiger partial charge in [-0.1, -0.05) is 6.92 Å². The summed E-state index contributed by atoms with van der Waals surface area (Å²) in [5, 5.41) is 3.69. The number of aryl methyl sites for hydroxylation is 1. The molecule has 0 saturated carbocycles. The Morgan fingerprint density at radius 3 is 3.05 bits per heavy atom. The number of imidazole rings is 1. The first-order chi connectivity index (χ1) is 10.3. The van der Waals surface area contributed by atoms with Crippen molar-refractivity contribution in [2.75, 3.05) is 19.8 Å². The van der Waals surface area contributed by atoms with Gasteiger partial charge in [-0.15, -0.1) is 0 Å². The van der Waals surface area contributed by atoms with Crippen LogP contribution in [0.15, 0.2) is 12.4 Å². The van der Waals surface area contributed by atoms with Crippen molar-refractivity contribution in [1.29, 1.82) is 0 Å². The standard InChI is InChI=1S/C16H27N3O2/c1-2-7-19-8-6-17-15(19)13-18-14-3-9-21-16(12-14)4-10-20-11-5-16/h6,8,14,18H,2-5,7,9-13H2,1H3/t14-/m1/s1. The van der Waals surface area contributed by atoms with Crippen LogP contribution in [0.5, 0.6) is 0 Å². The summed E-state index contributed by atoms with van der Waals surface area (Å²) in [6, 6.07) is 0.531. The van der Waals surface area contributed by atoms with Crippen LogP contribution in [0.25, 0.3) is 0 Å². The number of rotatable bonds is 5. The van der Waals surface area contributed by atoms with E-state index in [2.05, 4.69) is 28.0 Å². The van der Waals surface area contributed by atoms with E-state index in [0.717, 1.165) is 70.8 Å². The summed E-state index contributed by atoms with van der Waals surface area (Å²) in [5.74, 6) is 1.14. The molecule has 0 aliphatic carbocycles. The summed E-state index contributed by atoms with van der Waals surface area (Å²) in [5.41, 5.74) is 0.0625. The summed E-state index contributed by atoms with van der Waals surface area (Å²) < 4.78 is 13.8. The van der Waals surface area contributed by atoms with Crippen molar-refractivity contribution in [3.8, 4) is 0 Å². The maximum atomic E-state index is 6.10. The van der Waals surface area contributed by atoms with Crippen LogP contribution in [-0.4, -0.2) is 41.0 Å². The molecule has 2 fully saturated rings. The minimum atomic E-state index is 0.0625. The molecule has 1 spiro atoms. The van der Waals surface area contributed by atoms with Gasteiger partial charge in [0, 0.05) is 44.8 Å². The molecular formula is C16H27N3O2. The van der Waals surface area contributed by atoms with Gasteiger partial charge in [-0.05, 0) is 32.1 Å². The molecule has 2 saturated heterocycles. The van der Waals surface area contributed by atoms with Gasteiger partial charge in [-0.3, -0.25) is 0 Å². The third-order valence-electron chi connectivity index (χ3n) is 4.71. The van der Waals surface area contributed by atoms with E-state index in [4.69, 9.17) is 9.47 Å². The molecule has 0 amide bonds. The Hall–Kier alpha value is -0.910.